The number of anilines is 1. The van der Waals surface area contributed by atoms with E-state index in [2.05, 4.69) is 4.98 Å². The predicted molar refractivity (Wildman–Crippen MR) is 111 cm³/mol. The summed E-state index contributed by atoms with van der Waals surface area (Å²) in [6.07, 6.45) is 3.04. The molecule has 1 aliphatic rings. The standard InChI is InChI=1S/C22H17N3O3S/c26-20-19(16-8-3-1-4-9-16)25(18-11-5-2-6-12-18)22(28)24(20)15-29-21(27)17-10-7-13-23-14-17/h1-14,19H,15H2. The van der Waals surface area contributed by atoms with Crippen molar-refractivity contribution in [1.82, 2.24) is 9.88 Å². The normalized spacial score (nSPS) is 16.3. The second-order valence-electron chi connectivity index (χ2n) is 6.37. The van der Waals surface area contributed by atoms with Gasteiger partial charge < -0.3 is 0 Å². The number of carbonyl (C=O) groups is 3. The third kappa shape index (κ3) is 3.77. The molecule has 29 heavy (non-hydrogen) atoms. The first-order valence-corrected chi connectivity index (χ1v) is 9.97. The molecule has 1 unspecified atom stereocenters. The van der Waals surface area contributed by atoms with Crippen LogP contribution in [0.15, 0.2) is 85.2 Å². The zero-order valence-electron chi connectivity index (χ0n) is 15.3. The molecule has 0 aliphatic carbocycles. The zero-order chi connectivity index (χ0) is 20.2. The van der Waals surface area contributed by atoms with E-state index in [1.54, 1.807) is 30.5 Å². The van der Waals surface area contributed by atoms with Crippen LogP contribution in [0.4, 0.5) is 10.5 Å². The van der Waals surface area contributed by atoms with E-state index in [1.165, 1.54) is 11.1 Å². The third-order valence-corrected chi connectivity index (χ3v) is 5.45. The summed E-state index contributed by atoms with van der Waals surface area (Å²) in [6, 6.07) is 20.4. The van der Waals surface area contributed by atoms with Crippen LogP contribution in [0.2, 0.25) is 0 Å². The number of carbonyl (C=O) groups excluding carboxylic acids is 3. The van der Waals surface area contributed by atoms with Gasteiger partial charge in [0.1, 0.15) is 6.04 Å². The second kappa shape index (κ2) is 8.28. The van der Waals surface area contributed by atoms with Gasteiger partial charge in [-0.2, -0.15) is 0 Å². The number of hydrogen-bond acceptors (Lipinski definition) is 5. The number of imide groups is 1. The Hall–Kier alpha value is -3.45. The molecule has 3 aromatic rings. The minimum absolute atomic E-state index is 0.0575. The summed E-state index contributed by atoms with van der Waals surface area (Å²) in [4.78, 5) is 45.2. The molecule has 1 aromatic heterocycles. The second-order valence-corrected chi connectivity index (χ2v) is 7.29. The summed E-state index contributed by atoms with van der Waals surface area (Å²) in [6.45, 7) is 0. The van der Waals surface area contributed by atoms with Crippen molar-refractivity contribution in [1.29, 1.82) is 0 Å². The number of aromatic nitrogens is 1. The number of rotatable bonds is 5. The molecule has 144 valence electrons. The summed E-state index contributed by atoms with van der Waals surface area (Å²) in [5.41, 5.74) is 1.78. The fourth-order valence-corrected chi connectivity index (χ4v) is 3.95. The highest BCUT2D eigenvalue weighted by atomic mass is 32.2. The van der Waals surface area contributed by atoms with Gasteiger partial charge in [-0.15, -0.1) is 0 Å². The smallest absolute Gasteiger partial charge is 0.281 e. The SMILES string of the molecule is O=C(SCN1C(=O)C(c2ccccc2)N(c2ccccc2)C1=O)c1cccnc1. The molecule has 3 amide bonds. The molecule has 4 rings (SSSR count). The van der Waals surface area contributed by atoms with Crippen LogP contribution in [-0.4, -0.2) is 32.8 Å². The molecular formula is C22H17N3O3S. The van der Waals surface area contributed by atoms with E-state index in [9.17, 15) is 14.4 Å². The van der Waals surface area contributed by atoms with Gasteiger partial charge in [-0.05, 0) is 29.8 Å². The first-order valence-electron chi connectivity index (χ1n) is 8.98. The molecule has 2 aromatic carbocycles. The van der Waals surface area contributed by atoms with Crippen LogP contribution in [-0.2, 0) is 4.79 Å². The van der Waals surface area contributed by atoms with Gasteiger partial charge in [-0.3, -0.25) is 24.4 Å². The maximum atomic E-state index is 13.2. The zero-order valence-corrected chi connectivity index (χ0v) is 16.2. The molecule has 2 heterocycles. The van der Waals surface area contributed by atoms with Crippen molar-refractivity contribution in [2.24, 2.45) is 0 Å². The minimum atomic E-state index is -0.764. The van der Waals surface area contributed by atoms with Crippen LogP contribution in [0.25, 0.3) is 0 Å². The Kier molecular flexibility index (Phi) is 5.39. The molecule has 1 saturated heterocycles. The summed E-state index contributed by atoms with van der Waals surface area (Å²) < 4.78 is 0. The molecule has 0 radical (unpaired) electrons. The number of amides is 3. The molecular weight excluding hydrogens is 386 g/mol. The van der Waals surface area contributed by atoms with Gasteiger partial charge in [0.2, 0.25) is 5.12 Å². The molecule has 1 fully saturated rings. The molecule has 1 aliphatic heterocycles. The van der Waals surface area contributed by atoms with Crippen LogP contribution < -0.4 is 4.90 Å². The van der Waals surface area contributed by atoms with Gasteiger partial charge in [0, 0.05) is 23.6 Å². The lowest BCUT2D eigenvalue weighted by atomic mass is 10.1. The Bertz CT molecular complexity index is 971. The summed E-state index contributed by atoms with van der Waals surface area (Å²) in [7, 11) is 0. The highest BCUT2D eigenvalue weighted by Crippen LogP contribution is 2.36. The predicted octanol–water partition coefficient (Wildman–Crippen LogP) is 4.12. The van der Waals surface area contributed by atoms with Crippen LogP contribution in [0, 0.1) is 0 Å². The van der Waals surface area contributed by atoms with Crippen LogP contribution in [0.5, 0.6) is 0 Å². The fraction of sp³-hybridized carbons (Fsp3) is 0.0909. The quantitative estimate of drug-likeness (QED) is 0.599. The van der Waals surface area contributed by atoms with Crippen LogP contribution in [0.3, 0.4) is 0 Å². The van der Waals surface area contributed by atoms with Crippen molar-refractivity contribution in [2.75, 3.05) is 10.8 Å². The van der Waals surface area contributed by atoms with E-state index in [1.807, 2.05) is 48.5 Å². The Labute approximate surface area is 172 Å². The van der Waals surface area contributed by atoms with Gasteiger partial charge in [0.25, 0.3) is 5.91 Å². The summed E-state index contributed by atoms with van der Waals surface area (Å²) >= 11 is 0.907. The molecule has 0 saturated carbocycles. The maximum Gasteiger partial charge on any atom is 0.333 e. The van der Waals surface area contributed by atoms with Crippen molar-refractivity contribution in [3.63, 3.8) is 0 Å². The highest BCUT2D eigenvalue weighted by molar-refractivity contribution is 8.14. The van der Waals surface area contributed by atoms with Gasteiger partial charge in [-0.25, -0.2) is 4.79 Å². The average Bonchev–Trinajstić information content (AvgIpc) is 3.03. The molecule has 0 N–H and O–H groups in total. The molecule has 0 spiro atoms. The van der Waals surface area contributed by atoms with E-state index in [4.69, 9.17) is 0 Å². The summed E-state index contributed by atoms with van der Waals surface area (Å²) in [5, 5.41) is -0.242. The average molecular weight is 403 g/mol. The molecule has 0 bridgehead atoms. The highest BCUT2D eigenvalue weighted by Gasteiger charge is 2.46. The summed E-state index contributed by atoms with van der Waals surface area (Å²) in [5.74, 6) is -0.408. The Morgan fingerprint density at radius 2 is 1.62 bits per heavy atom. The molecule has 6 nitrogen and oxygen atoms in total. The number of hydrogen-bond donors (Lipinski definition) is 0. The Balaban J connectivity index is 1.61. The van der Waals surface area contributed by atoms with E-state index in [-0.39, 0.29) is 16.9 Å². The van der Waals surface area contributed by atoms with Gasteiger partial charge in [0.15, 0.2) is 0 Å². The van der Waals surface area contributed by atoms with Crippen molar-refractivity contribution in [3.05, 3.63) is 96.3 Å². The Morgan fingerprint density at radius 1 is 0.931 bits per heavy atom. The van der Waals surface area contributed by atoms with E-state index < -0.39 is 12.1 Å². The lowest BCUT2D eigenvalue weighted by molar-refractivity contribution is -0.126. The third-order valence-electron chi connectivity index (χ3n) is 4.57. The monoisotopic (exact) mass is 403 g/mol. The number of benzene rings is 2. The largest absolute Gasteiger partial charge is 0.333 e. The topological polar surface area (TPSA) is 70.6 Å². The van der Waals surface area contributed by atoms with Gasteiger partial charge >= 0.3 is 6.03 Å². The van der Waals surface area contributed by atoms with Crippen molar-refractivity contribution in [2.45, 2.75) is 6.04 Å². The fourth-order valence-electron chi connectivity index (χ4n) is 3.18. The van der Waals surface area contributed by atoms with E-state index in [0.717, 1.165) is 22.2 Å². The number of urea groups is 1. The number of thioether (sulfide) groups is 1. The minimum Gasteiger partial charge on any atom is -0.281 e. The van der Waals surface area contributed by atoms with Crippen molar-refractivity contribution >= 4 is 34.5 Å². The van der Waals surface area contributed by atoms with Crippen molar-refractivity contribution < 1.29 is 14.4 Å². The van der Waals surface area contributed by atoms with E-state index in [0.29, 0.717) is 11.3 Å². The first kappa shape index (κ1) is 18.9. The number of pyridine rings is 1. The van der Waals surface area contributed by atoms with Gasteiger partial charge in [-0.1, -0.05) is 60.3 Å². The maximum absolute atomic E-state index is 13.2. The lowest BCUT2D eigenvalue weighted by Crippen LogP contribution is -2.33. The van der Waals surface area contributed by atoms with Crippen LogP contribution in [0.1, 0.15) is 22.0 Å². The first-order chi connectivity index (χ1) is 14.2. The Morgan fingerprint density at radius 3 is 2.28 bits per heavy atom. The van der Waals surface area contributed by atoms with Gasteiger partial charge in [0.05, 0.1) is 5.88 Å². The molecule has 1 atom stereocenters. The van der Waals surface area contributed by atoms with Crippen molar-refractivity contribution in [3.8, 4) is 0 Å². The number of para-hydroxylation sites is 1. The number of nitrogens with zero attached hydrogens (tertiary/aromatic N) is 3. The van der Waals surface area contributed by atoms with E-state index >= 15 is 0 Å². The molecule has 7 heteroatoms. The lowest BCUT2D eigenvalue weighted by Gasteiger charge is -2.22. The van der Waals surface area contributed by atoms with Crippen LogP contribution >= 0.6 is 11.8 Å².